The largest absolute Gasteiger partial charge is 0.314 e. The standard InChI is InChI=1S/C13H27N3/c1-11(2)13-10-14-6-9-16(13)12-4-7-15(3)8-5-12/h11-14H,4-10H2,1-3H3. The van der Waals surface area contributed by atoms with Crippen molar-refractivity contribution in [3.8, 4) is 0 Å². The van der Waals surface area contributed by atoms with Crippen LogP contribution in [0, 0.1) is 5.92 Å². The first kappa shape index (κ1) is 12.3. The molecule has 3 nitrogen and oxygen atoms in total. The molecular weight excluding hydrogens is 198 g/mol. The van der Waals surface area contributed by atoms with Gasteiger partial charge in [-0.15, -0.1) is 0 Å². The first-order valence-electron chi connectivity index (χ1n) is 6.83. The summed E-state index contributed by atoms with van der Waals surface area (Å²) in [6.07, 6.45) is 2.72. The second-order valence-corrected chi connectivity index (χ2v) is 5.79. The molecule has 1 unspecified atom stereocenters. The Morgan fingerprint density at radius 3 is 2.44 bits per heavy atom. The van der Waals surface area contributed by atoms with Crippen LogP contribution in [-0.2, 0) is 0 Å². The van der Waals surface area contributed by atoms with Gasteiger partial charge >= 0.3 is 0 Å². The number of hydrogen-bond acceptors (Lipinski definition) is 3. The van der Waals surface area contributed by atoms with Crippen molar-refractivity contribution in [2.24, 2.45) is 5.92 Å². The second kappa shape index (κ2) is 5.48. The minimum Gasteiger partial charge on any atom is -0.314 e. The summed E-state index contributed by atoms with van der Waals surface area (Å²) in [4.78, 5) is 5.25. The van der Waals surface area contributed by atoms with Gasteiger partial charge in [-0.05, 0) is 38.9 Å². The van der Waals surface area contributed by atoms with E-state index in [2.05, 4.69) is 36.0 Å². The molecule has 94 valence electrons. The number of piperazine rings is 1. The average Bonchev–Trinajstić information content (AvgIpc) is 2.30. The Kier molecular flexibility index (Phi) is 4.22. The highest BCUT2D eigenvalue weighted by atomic mass is 15.3. The van der Waals surface area contributed by atoms with Crippen molar-refractivity contribution < 1.29 is 0 Å². The molecule has 0 radical (unpaired) electrons. The fourth-order valence-electron chi connectivity index (χ4n) is 3.14. The Morgan fingerprint density at radius 1 is 1.12 bits per heavy atom. The van der Waals surface area contributed by atoms with E-state index in [0.717, 1.165) is 18.0 Å². The molecule has 2 fully saturated rings. The highest BCUT2D eigenvalue weighted by Crippen LogP contribution is 2.22. The molecule has 2 aliphatic heterocycles. The first-order chi connectivity index (χ1) is 7.68. The quantitative estimate of drug-likeness (QED) is 0.757. The van der Waals surface area contributed by atoms with Crippen LogP contribution in [0.1, 0.15) is 26.7 Å². The van der Waals surface area contributed by atoms with Gasteiger partial charge in [-0.25, -0.2) is 0 Å². The van der Waals surface area contributed by atoms with Crippen LogP contribution in [0.3, 0.4) is 0 Å². The minimum absolute atomic E-state index is 0.752. The third-order valence-electron chi connectivity index (χ3n) is 4.25. The predicted octanol–water partition coefficient (Wildman–Crippen LogP) is 1.01. The van der Waals surface area contributed by atoms with Crippen LogP contribution in [0.4, 0.5) is 0 Å². The van der Waals surface area contributed by atoms with Gasteiger partial charge in [-0.1, -0.05) is 13.8 Å². The number of nitrogens with one attached hydrogen (secondary N) is 1. The molecule has 2 heterocycles. The van der Waals surface area contributed by atoms with Gasteiger partial charge in [-0.2, -0.15) is 0 Å². The number of likely N-dealkylation sites (tertiary alicyclic amines) is 1. The van der Waals surface area contributed by atoms with E-state index in [1.54, 1.807) is 0 Å². The van der Waals surface area contributed by atoms with E-state index >= 15 is 0 Å². The van der Waals surface area contributed by atoms with E-state index in [1.807, 2.05) is 0 Å². The lowest BCUT2D eigenvalue weighted by molar-refractivity contribution is 0.0441. The van der Waals surface area contributed by atoms with Crippen LogP contribution in [0.5, 0.6) is 0 Å². The molecule has 0 aliphatic carbocycles. The van der Waals surface area contributed by atoms with Gasteiger partial charge in [0.15, 0.2) is 0 Å². The van der Waals surface area contributed by atoms with E-state index in [9.17, 15) is 0 Å². The minimum atomic E-state index is 0.752. The first-order valence-corrected chi connectivity index (χ1v) is 6.83. The molecule has 2 rings (SSSR count). The Bertz CT molecular complexity index is 209. The van der Waals surface area contributed by atoms with Crippen LogP contribution in [0.25, 0.3) is 0 Å². The SMILES string of the molecule is CC(C)C1CNCCN1C1CCN(C)CC1. The zero-order valence-electron chi connectivity index (χ0n) is 11.1. The van der Waals surface area contributed by atoms with Crippen LogP contribution in [0.15, 0.2) is 0 Å². The van der Waals surface area contributed by atoms with E-state index in [-0.39, 0.29) is 0 Å². The van der Waals surface area contributed by atoms with Crippen molar-refractivity contribution in [2.45, 2.75) is 38.8 Å². The highest BCUT2D eigenvalue weighted by molar-refractivity contribution is 4.89. The fourth-order valence-corrected chi connectivity index (χ4v) is 3.14. The molecule has 0 bridgehead atoms. The topological polar surface area (TPSA) is 18.5 Å². The molecule has 2 aliphatic rings. The van der Waals surface area contributed by atoms with Crippen molar-refractivity contribution in [1.82, 2.24) is 15.1 Å². The van der Waals surface area contributed by atoms with Crippen LogP contribution in [-0.4, -0.2) is 61.7 Å². The Labute approximate surface area is 100 Å². The molecule has 0 saturated carbocycles. The van der Waals surface area contributed by atoms with Gasteiger partial charge in [0.05, 0.1) is 0 Å². The summed E-state index contributed by atoms with van der Waals surface area (Å²) in [5, 5.41) is 3.54. The summed E-state index contributed by atoms with van der Waals surface area (Å²) < 4.78 is 0. The molecule has 0 aromatic heterocycles. The summed E-state index contributed by atoms with van der Waals surface area (Å²) >= 11 is 0. The lowest BCUT2D eigenvalue weighted by Gasteiger charge is -2.46. The zero-order chi connectivity index (χ0) is 11.5. The third-order valence-corrected chi connectivity index (χ3v) is 4.25. The van der Waals surface area contributed by atoms with E-state index in [0.29, 0.717) is 0 Å². The van der Waals surface area contributed by atoms with Crippen molar-refractivity contribution in [3.05, 3.63) is 0 Å². The van der Waals surface area contributed by atoms with Crippen LogP contribution >= 0.6 is 0 Å². The number of hydrogen-bond donors (Lipinski definition) is 1. The number of rotatable bonds is 2. The van der Waals surface area contributed by atoms with E-state index in [1.165, 1.54) is 45.6 Å². The van der Waals surface area contributed by atoms with Gasteiger partial charge in [0.1, 0.15) is 0 Å². The van der Waals surface area contributed by atoms with Crippen molar-refractivity contribution in [3.63, 3.8) is 0 Å². The van der Waals surface area contributed by atoms with Crippen LogP contribution in [0.2, 0.25) is 0 Å². The molecule has 1 atom stereocenters. The normalized spacial score (nSPS) is 31.1. The van der Waals surface area contributed by atoms with Gasteiger partial charge in [0.2, 0.25) is 0 Å². The lowest BCUT2D eigenvalue weighted by atomic mass is 9.94. The van der Waals surface area contributed by atoms with Crippen molar-refractivity contribution >= 4 is 0 Å². The summed E-state index contributed by atoms with van der Waals surface area (Å²) in [7, 11) is 2.24. The molecule has 2 saturated heterocycles. The third kappa shape index (κ3) is 2.76. The molecule has 0 aromatic rings. The van der Waals surface area contributed by atoms with Crippen molar-refractivity contribution in [2.75, 3.05) is 39.8 Å². The maximum atomic E-state index is 3.54. The van der Waals surface area contributed by atoms with Gasteiger partial charge < -0.3 is 10.2 Å². The molecule has 0 spiro atoms. The Morgan fingerprint density at radius 2 is 1.81 bits per heavy atom. The molecule has 0 amide bonds. The summed E-state index contributed by atoms with van der Waals surface area (Å²) in [6.45, 7) is 10.9. The van der Waals surface area contributed by atoms with E-state index in [4.69, 9.17) is 0 Å². The summed E-state index contributed by atoms with van der Waals surface area (Å²) in [5.41, 5.74) is 0. The van der Waals surface area contributed by atoms with Gasteiger partial charge in [0.25, 0.3) is 0 Å². The molecule has 1 N–H and O–H groups in total. The second-order valence-electron chi connectivity index (χ2n) is 5.79. The van der Waals surface area contributed by atoms with Gasteiger partial charge in [-0.3, -0.25) is 4.90 Å². The predicted molar refractivity (Wildman–Crippen MR) is 68.7 cm³/mol. The lowest BCUT2D eigenvalue weighted by Crippen LogP contribution is -2.58. The monoisotopic (exact) mass is 225 g/mol. The van der Waals surface area contributed by atoms with Gasteiger partial charge in [0, 0.05) is 31.7 Å². The molecule has 3 heteroatoms. The van der Waals surface area contributed by atoms with E-state index < -0.39 is 0 Å². The molecule has 16 heavy (non-hydrogen) atoms. The smallest absolute Gasteiger partial charge is 0.0247 e. The summed E-state index contributed by atoms with van der Waals surface area (Å²) in [6, 6.07) is 1.59. The zero-order valence-corrected chi connectivity index (χ0v) is 11.1. The Hall–Kier alpha value is -0.120. The highest BCUT2D eigenvalue weighted by Gasteiger charge is 2.31. The maximum absolute atomic E-state index is 3.54. The molecule has 0 aromatic carbocycles. The average molecular weight is 225 g/mol. The van der Waals surface area contributed by atoms with Crippen LogP contribution < -0.4 is 5.32 Å². The Balaban J connectivity index is 1.94. The fraction of sp³-hybridized carbons (Fsp3) is 1.00. The molecular formula is C13H27N3. The summed E-state index contributed by atoms with van der Waals surface area (Å²) in [5.74, 6) is 0.771. The number of piperidine rings is 1. The maximum Gasteiger partial charge on any atom is 0.0247 e. The number of nitrogens with zero attached hydrogens (tertiary/aromatic N) is 2. The van der Waals surface area contributed by atoms with Crippen molar-refractivity contribution in [1.29, 1.82) is 0 Å².